The summed E-state index contributed by atoms with van der Waals surface area (Å²) in [5.74, 6) is 1.43. The number of phenolic OH excluding ortho intramolecular Hbond substituents is 1. The van der Waals surface area contributed by atoms with Gasteiger partial charge < -0.3 is 9.84 Å². The minimum Gasteiger partial charge on any atom is -0.507 e. The molecule has 0 amide bonds. The number of halogens is 1. The lowest BCUT2D eigenvalue weighted by Crippen LogP contribution is -2.13. The highest BCUT2D eigenvalue weighted by Crippen LogP contribution is 2.31. The molecule has 0 spiro atoms. The van der Waals surface area contributed by atoms with Crippen LogP contribution in [-0.2, 0) is 12.8 Å². The number of hydrogen-bond acceptors (Lipinski definition) is 2. The van der Waals surface area contributed by atoms with Gasteiger partial charge in [-0.3, -0.25) is 0 Å². The Balaban J connectivity index is 1.64. The fraction of sp³-hybridized carbons (Fsp3) is 0.250. The summed E-state index contributed by atoms with van der Waals surface area (Å²) in [5, 5.41) is 10.00. The third-order valence-corrected chi connectivity index (χ3v) is 4.39. The van der Waals surface area contributed by atoms with Crippen LogP contribution in [0.25, 0.3) is 0 Å². The maximum atomic E-state index is 10.00. The predicted molar refractivity (Wildman–Crippen MR) is 83.7 cm³/mol. The van der Waals surface area contributed by atoms with Gasteiger partial charge in [0.2, 0.25) is 0 Å². The highest BCUT2D eigenvalue weighted by Gasteiger charge is 2.22. The largest absolute Gasteiger partial charge is 0.507 e. The van der Waals surface area contributed by atoms with Crippen molar-refractivity contribution in [1.82, 2.24) is 0 Å². The molecule has 1 aliphatic heterocycles. The van der Waals surface area contributed by atoms with Crippen molar-refractivity contribution in [3.05, 3.63) is 57.2 Å². The molecule has 1 unspecified atom stereocenters. The van der Waals surface area contributed by atoms with E-state index in [2.05, 4.69) is 34.7 Å². The lowest BCUT2D eigenvalue weighted by atomic mass is 10.0. The second-order valence-electron chi connectivity index (χ2n) is 4.84. The standard InChI is InChI=1S/C16H15IO2/c17-14-6-3-5-11(16(14)18)8-9-13-10-12-4-1-2-7-15(12)19-13/h1-7,13,18H,8-10H2. The van der Waals surface area contributed by atoms with E-state index in [1.165, 1.54) is 5.56 Å². The molecule has 1 N–H and O–H groups in total. The summed E-state index contributed by atoms with van der Waals surface area (Å²) in [5.41, 5.74) is 2.30. The molecule has 0 aromatic heterocycles. The molecule has 98 valence electrons. The van der Waals surface area contributed by atoms with Gasteiger partial charge in [-0.15, -0.1) is 0 Å². The molecule has 19 heavy (non-hydrogen) atoms. The van der Waals surface area contributed by atoms with Crippen LogP contribution in [0.5, 0.6) is 11.5 Å². The van der Waals surface area contributed by atoms with Crippen molar-refractivity contribution in [3.8, 4) is 11.5 Å². The Hall–Kier alpha value is -1.23. The minimum absolute atomic E-state index is 0.231. The molecule has 2 nitrogen and oxygen atoms in total. The summed E-state index contributed by atoms with van der Waals surface area (Å²) in [6, 6.07) is 14.1. The summed E-state index contributed by atoms with van der Waals surface area (Å²) in [6.07, 6.45) is 2.99. The third kappa shape index (κ3) is 2.71. The second kappa shape index (κ2) is 5.41. The fourth-order valence-corrected chi connectivity index (χ4v) is 3.05. The number of fused-ring (bicyclic) bond motifs is 1. The van der Waals surface area contributed by atoms with Crippen LogP contribution in [0.1, 0.15) is 17.5 Å². The topological polar surface area (TPSA) is 29.5 Å². The lowest BCUT2D eigenvalue weighted by Gasteiger charge is -2.11. The van der Waals surface area contributed by atoms with Gasteiger partial charge >= 0.3 is 0 Å². The normalized spacial score (nSPS) is 17.0. The summed E-state index contributed by atoms with van der Waals surface area (Å²) in [4.78, 5) is 0. The molecular formula is C16H15IO2. The van der Waals surface area contributed by atoms with E-state index in [4.69, 9.17) is 4.74 Å². The number of benzene rings is 2. The van der Waals surface area contributed by atoms with Gasteiger partial charge in [-0.1, -0.05) is 30.3 Å². The van der Waals surface area contributed by atoms with Crippen molar-refractivity contribution < 1.29 is 9.84 Å². The SMILES string of the molecule is Oc1c(I)cccc1CCC1Cc2ccccc2O1. The van der Waals surface area contributed by atoms with Crippen LogP contribution in [0.3, 0.4) is 0 Å². The highest BCUT2D eigenvalue weighted by molar-refractivity contribution is 14.1. The Morgan fingerprint density at radius 2 is 2.00 bits per heavy atom. The molecular weight excluding hydrogens is 351 g/mol. The molecule has 1 heterocycles. The van der Waals surface area contributed by atoms with E-state index in [1.807, 2.05) is 30.3 Å². The van der Waals surface area contributed by atoms with E-state index in [-0.39, 0.29) is 6.10 Å². The van der Waals surface area contributed by atoms with Gasteiger partial charge in [-0.2, -0.15) is 0 Å². The molecule has 1 atom stereocenters. The Bertz CT molecular complexity index is 570. The van der Waals surface area contributed by atoms with E-state index < -0.39 is 0 Å². The summed E-state index contributed by atoms with van der Waals surface area (Å²) >= 11 is 2.16. The van der Waals surface area contributed by atoms with Crippen LogP contribution >= 0.6 is 22.6 Å². The zero-order valence-electron chi connectivity index (χ0n) is 10.5. The molecule has 0 aliphatic carbocycles. The molecule has 0 radical (unpaired) electrons. The van der Waals surface area contributed by atoms with Gasteiger partial charge in [0.1, 0.15) is 17.6 Å². The van der Waals surface area contributed by atoms with Crippen molar-refractivity contribution in [1.29, 1.82) is 0 Å². The Morgan fingerprint density at radius 1 is 1.16 bits per heavy atom. The fourth-order valence-electron chi connectivity index (χ4n) is 2.49. The van der Waals surface area contributed by atoms with Crippen LogP contribution in [-0.4, -0.2) is 11.2 Å². The molecule has 0 saturated heterocycles. The first-order valence-corrected chi connectivity index (χ1v) is 7.53. The van der Waals surface area contributed by atoms with Gasteiger partial charge in [-0.05, 0) is 58.7 Å². The van der Waals surface area contributed by atoms with Gasteiger partial charge in [0.15, 0.2) is 0 Å². The third-order valence-electron chi connectivity index (χ3n) is 3.52. The molecule has 0 bridgehead atoms. The predicted octanol–water partition coefficient (Wildman–Crippen LogP) is 3.93. The Morgan fingerprint density at radius 3 is 2.84 bits per heavy atom. The van der Waals surface area contributed by atoms with Crippen LogP contribution in [0.2, 0.25) is 0 Å². The van der Waals surface area contributed by atoms with Gasteiger partial charge in [0.25, 0.3) is 0 Å². The van der Waals surface area contributed by atoms with E-state index >= 15 is 0 Å². The molecule has 1 aliphatic rings. The zero-order chi connectivity index (χ0) is 13.2. The second-order valence-corrected chi connectivity index (χ2v) is 6.00. The average Bonchev–Trinajstić information content (AvgIpc) is 2.83. The number of hydrogen-bond donors (Lipinski definition) is 1. The number of para-hydroxylation sites is 2. The molecule has 0 fully saturated rings. The maximum absolute atomic E-state index is 10.00. The molecule has 2 aromatic carbocycles. The molecule has 0 saturated carbocycles. The van der Waals surface area contributed by atoms with Crippen LogP contribution in [0, 0.1) is 3.57 Å². The van der Waals surface area contributed by atoms with E-state index in [0.29, 0.717) is 5.75 Å². The van der Waals surface area contributed by atoms with E-state index in [9.17, 15) is 5.11 Å². The van der Waals surface area contributed by atoms with Gasteiger partial charge in [-0.25, -0.2) is 0 Å². The first-order valence-electron chi connectivity index (χ1n) is 6.45. The quantitative estimate of drug-likeness (QED) is 0.835. The Kier molecular flexibility index (Phi) is 3.64. The number of phenols is 1. The number of rotatable bonds is 3. The molecule has 3 heteroatoms. The summed E-state index contributed by atoms with van der Waals surface area (Å²) < 4.78 is 6.82. The molecule has 3 rings (SSSR count). The number of aromatic hydroxyl groups is 1. The first-order chi connectivity index (χ1) is 9.24. The van der Waals surface area contributed by atoms with Crippen LogP contribution in [0.4, 0.5) is 0 Å². The van der Waals surface area contributed by atoms with E-state index in [1.54, 1.807) is 0 Å². The maximum Gasteiger partial charge on any atom is 0.132 e. The monoisotopic (exact) mass is 366 g/mol. The summed E-state index contributed by atoms with van der Waals surface area (Å²) in [7, 11) is 0. The van der Waals surface area contributed by atoms with E-state index in [0.717, 1.165) is 34.1 Å². The van der Waals surface area contributed by atoms with Crippen LogP contribution in [0.15, 0.2) is 42.5 Å². The lowest BCUT2D eigenvalue weighted by molar-refractivity contribution is 0.221. The zero-order valence-corrected chi connectivity index (χ0v) is 12.6. The van der Waals surface area contributed by atoms with Gasteiger partial charge in [0, 0.05) is 6.42 Å². The van der Waals surface area contributed by atoms with Crippen molar-refractivity contribution in [3.63, 3.8) is 0 Å². The average molecular weight is 366 g/mol. The van der Waals surface area contributed by atoms with Crippen molar-refractivity contribution in [2.24, 2.45) is 0 Å². The van der Waals surface area contributed by atoms with Crippen LogP contribution < -0.4 is 4.74 Å². The highest BCUT2D eigenvalue weighted by atomic mass is 127. The first kappa shape index (κ1) is 12.8. The van der Waals surface area contributed by atoms with Crippen molar-refractivity contribution in [2.45, 2.75) is 25.4 Å². The van der Waals surface area contributed by atoms with Gasteiger partial charge in [0.05, 0.1) is 3.57 Å². The smallest absolute Gasteiger partial charge is 0.132 e. The molecule has 2 aromatic rings. The van der Waals surface area contributed by atoms with Crippen molar-refractivity contribution in [2.75, 3.05) is 0 Å². The van der Waals surface area contributed by atoms with Crippen molar-refractivity contribution >= 4 is 22.6 Å². The number of ether oxygens (including phenoxy) is 1. The Labute approximate surface area is 126 Å². The number of aryl methyl sites for hydroxylation is 1. The minimum atomic E-state index is 0.231. The summed E-state index contributed by atoms with van der Waals surface area (Å²) in [6.45, 7) is 0.